The smallest absolute Gasteiger partial charge is 0.256 e. The van der Waals surface area contributed by atoms with Gasteiger partial charge in [-0.05, 0) is 31.9 Å². The number of hydrogen-bond acceptors (Lipinski definition) is 4. The summed E-state index contributed by atoms with van der Waals surface area (Å²) in [5, 5.41) is 15.3. The van der Waals surface area contributed by atoms with E-state index in [-0.39, 0.29) is 5.91 Å². The molecular formula is C17H20N6O. The molecule has 0 unspecified atom stereocenters. The molecule has 2 heterocycles. The van der Waals surface area contributed by atoms with Crippen molar-refractivity contribution in [1.82, 2.24) is 24.5 Å². The summed E-state index contributed by atoms with van der Waals surface area (Å²) in [5.41, 5.74) is 3.16. The number of amides is 1. The molecule has 0 fully saturated rings. The molecule has 0 bridgehead atoms. The van der Waals surface area contributed by atoms with Crippen LogP contribution in [0.15, 0.2) is 36.9 Å². The van der Waals surface area contributed by atoms with E-state index >= 15 is 0 Å². The molecule has 1 aromatic carbocycles. The van der Waals surface area contributed by atoms with Gasteiger partial charge in [-0.3, -0.25) is 14.0 Å². The SMILES string of the molecule is CCCn1nc(-n2cnnc2)c(NC(=O)c2ccccc2C)c1C. The van der Waals surface area contributed by atoms with Gasteiger partial charge in [0.15, 0.2) is 5.82 Å². The Kier molecular flexibility index (Phi) is 4.41. The summed E-state index contributed by atoms with van der Waals surface area (Å²) in [5.74, 6) is 0.467. The molecule has 1 N–H and O–H groups in total. The number of rotatable bonds is 5. The quantitative estimate of drug-likeness (QED) is 0.783. The fourth-order valence-corrected chi connectivity index (χ4v) is 2.61. The van der Waals surface area contributed by atoms with E-state index in [2.05, 4.69) is 27.5 Å². The van der Waals surface area contributed by atoms with Crippen LogP contribution in [0.25, 0.3) is 5.82 Å². The van der Waals surface area contributed by atoms with Gasteiger partial charge in [0.2, 0.25) is 0 Å². The first-order valence-corrected chi connectivity index (χ1v) is 7.91. The summed E-state index contributed by atoms with van der Waals surface area (Å²) < 4.78 is 3.59. The highest BCUT2D eigenvalue weighted by molar-refractivity contribution is 6.06. The van der Waals surface area contributed by atoms with E-state index in [1.54, 1.807) is 17.2 Å². The molecule has 7 nitrogen and oxygen atoms in total. The molecule has 3 rings (SSSR count). The first-order valence-electron chi connectivity index (χ1n) is 7.91. The number of nitrogens with zero attached hydrogens (tertiary/aromatic N) is 5. The van der Waals surface area contributed by atoms with Crippen LogP contribution in [0, 0.1) is 13.8 Å². The topological polar surface area (TPSA) is 77.6 Å². The molecule has 0 spiro atoms. The van der Waals surface area contributed by atoms with E-state index in [9.17, 15) is 4.79 Å². The maximum Gasteiger partial charge on any atom is 0.256 e. The molecule has 1 amide bonds. The minimum Gasteiger partial charge on any atom is -0.317 e. The van der Waals surface area contributed by atoms with E-state index in [1.807, 2.05) is 42.8 Å². The molecule has 24 heavy (non-hydrogen) atoms. The minimum absolute atomic E-state index is 0.151. The standard InChI is InChI=1S/C17H20N6O/c1-4-9-23-13(3)15(16(21-23)22-10-18-19-11-22)20-17(24)14-8-6-5-7-12(14)2/h5-8,10-11H,4,9H2,1-3H3,(H,20,24). The van der Waals surface area contributed by atoms with Gasteiger partial charge in [0.05, 0.1) is 5.69 Å². The van der Waals surface area contributed by atoms with Gasteiger partial charge in [-0.25, -0.2) is 0 Å². The number of benzene rings is 1. The lowest BCUT2D eigenvalue weighted by atomic mass is 10.1. The Bertz CT molecular complexity index is 850. The molecule has 0 atom stereocenters. The average molecular weight is 324 g/mol. The fourth-order valence-electron chi connectivity index (χ4n) is 2.61. The number of aryl methyl sites for hydroxylation is 2. The van der Waals surface area contributed by atoms with Crippen molar-refractivity contribution in [2.75, 3.05) is 5.32 Å². The third kappa shape index (κ3) is 2.92. The molecule has 0 saturated heterocycles. The van der Waals surface area contributed by atoms with E-state index in [0.717, 1.165) is 24.2 Å². The molecule has 0 aliphatic rings. The van der Waals surface area contributed by atoms with Crippen LogP contribution in [-0.4, -0.2) is 30.5 Å². The van der Waals surface area contributed by atoms with Crippen LogP contribution >= 0.6 is 0 Å². The van der Waals surface area contributed by atoms with E-state index in [1.165, 1.54) is 0 Å². The third-order valence-electron chi connectivity index (χ3n) is 3.91. The number of carbonyl (C=O) groups is 1. The van der Waals surface area contributed by atoms with Gasteiger partial charge in [-0.15, -0.1) is 10.2 Å². The summed E-state index contributed by atoms with van der Waals surface area (Å²) >= 11 is 0. The van der Waals surface area contributed by atoms with E-state index in [4.69, 9.17) is 0 Å². The molecule has 0 aliphatic heterocycles. The van der Waals surface area contributed by atoms with Gasteiger partial charge < -0.3 is 5.32 Å². The number of anilines is 1. The Hall–Kier alpha value is -2.96. The van der Waals surface area contributed by atoms with Gasteiger partial charge >= 0.3 is 0 Å². The van der Waals surface area contributed by atoms with Crippen molar-refractivity contribution in [3.8, 4) is 5.82 Å². The van der Waals surface area contributed by atoms with Crippen LogP contribution in [0.4, 0.5) is 5.69 Å². The molecule has 2 aromatic heterocycles. The third-order valence-corrected chi connectivity index (χ3v) is 3.91. The lowest BCUT2D eigenvalue weighted by molar-refractivity contribution is 0.102. The van der Waals surface area contributed by atoms with Crippen LogP contribution in [-0.2, 0) is 6.54 Å². The van der Waals surface area contributed by atoms with Crippen LogP contribution in [0.2, 0.25) is 0 Å². The summed E-state index contributed by atoms with van der Waals surface area (Å²) in [6, 6.07) is 7.51. The van der Waals surface area contributed by atoms with Crippen molar-refractivity contribution in [3.63, 3.8) is 0 Å². The second-order valence-electron chi connectivity index (χ2n) is 5.65. The van der Waals surface area contributed by atoms with Gasteiger partial charge in [-0.1, -0.05) is 25.1 Å². The second-order valence-corrected chi connectivity index (χ2v) is 5.65. The number of carbonyl (C=O) groups excluding carboxylic acids is 1. The Morgan fingerprint density at radius 1 is 1.17 bits per heavy atom. The molecular weight excluding hydrogens is 304 g/mol. The number of hydrogen-bond donors (Lipinski definition) is 1. The van der Waals surface area contributed by atoms with Crippen LogP contribution in [0.1, 0.15) is 35.0 Å². The molecule has 3 aromatic rings. The van der Waals surface area contributed by atoms with E-state index in [0.29, 0.717) is 17.1 Å². The normalized spacial score (nSPS) is 10.8. The van der Waals surface area contributed by atoms with Crippen molar-refractivity contribution >= 4 is 11.6 Å². The largest absolute Gasteiger partial charge is 0.317 e. The fraction of sp³-hybridized carbons (Fsp3) is 0.294. The maximum atomic E-state index is 12.7. The summed E-state index contributed by atoms with van der Waals surface area (Å²) in [4.78, 5) is 12.7. The lowest BCUT2D eigenvalue weighted by Gasteiger charge is -2.09. The Balaban J connectivity index is 2.00. The maximum absolute atomic E-state index is 12.7. The summed E-state index contributed by atoms with van der Waals surface area (Å²) in [6.07, 6.45) is 4.10. The number of nitrogens with one attached hydrogen (secondary N) is 1. The van der Waals surface area contributed by atoms with Gasteiger partial charge in [-0.2, -0.15) is 5.10 Å². The van der Waals surface area contributed by atoms with Gasteiger partial charge in [0, 0.05) is 12.1 Å². The predicted octanol–water partition coefficient (Wildman–Crippen LogP) is 2.74. The average Bonchev–Trinajstić information content (AvgIpc) is 3.19. The zero-order valence-corrected chi connectivity index (χ0v) is 14.0. The first-order chi connectivity index (χ1) is 11.6. The predicted molar refractivity (Wildman–Crippen MR) is 91.3 cm³/mol. The van der Waals surface area contributed by atoms with Crippen molar-refractivity contribution in [2.24, 2.45) is 0 Å². The number of aromatic nitrogens is 5. The lowest BCUT2D eigenvalue weighted by Crippen LogP contribution is -2.15. The molecule has 0 radical (unpaired) electrons. The zero-order valence-electron chi connectivity index (χ0n) is 14.0. The second kappa shape index (κ2) is 6.66. The highest BCUT2D eigenvalue weighted by atomic mass is 16.1. The molecule has 0 saturated carbocycles. The van der Waals surface area contributed by atoms with Crippen LogP contribution < -0.4 is 5.32 Å². The monoisotopic (exact) mass is 324 g/mol. The Morgan fingerprint density at radius 2 is 1.88 bits per heavy atom. The van der Waals surface area contributed by atoms with E-state index < -0.39 is 0 Å². The highest BCUT2D eigenvalue weighted by Crippen LogP contribution is 2.25. The van der Waals surface area contributed by atoms with Crippen molar-refractivity contribution in [1.29, 1.82) is 0 Å². The molecule has 0 aliphatic carbocycles. The van der Waals surface area contributed by atoms with Crippen molar-refractivity contribution in [3.05, 3.63) is 53.7 Å². The Morgan fingerprint density at radius 3 is 2.54 bits per heavy atom. The summed E-state index contributed by atoms with van der Waals surface area (Å²) in [7, 11) is 0. The summed E-state index contributed by atoms with van der Waals surface area (Å²) in [6.45, 7) is 6.74. The minimum atomic E-state index is -0.151. The van der Waals surface area contributed by atoms with Crippen LogP contribution in [0.3, 0.4) is 0 Å². The van der Waals surface area contributed by atoms with Crippen molar-refractivity contribution in [2.45, 2.75) is 33.7 Å². The zero-order chi connectivity index (χ0) is 17.1. The van der Waals surface area contributed by atoms with Crippen LogP contribution in [0.5, 0.6) is 0 Å². The van der Waals surface area contributed by atoms with Crippen molar-refractivity contribution < 1.29 is 4.79 Å². The highest BCUT2D eigenvalue weighted by Gasteiger charge is 2.19. The molecule has 7 heteroatoms. The van der Waals surface area contributed by atoms with Gasteiger partial charge in [0.25, 0.3) is 5.91 Å². The molecule has 124 valence electrons. The first kappa shape index (κ1) is 15.9. The van der Waals surface area contributed by atoms with Gasteiger partial charge in [0.1, 0.15) is 18.3 Å². The Labute approximate surface area is 140 Å².